The summed E-state index contributed by atoms with van der Waals surface area (Å²) in [5, 5.41) is 7.18. The van der Waals surface area contributed by atoms with Gasteiger partial charge in [0.05, 0.1) is 0 Å². The Morgan fingerprint density at radius 2 is 1.95 bits per heavy atom. The van der Waals surface area contributed by atoms with Crippen LogP contribution in [0.25, 0.3) is 0 Å². The molecule has 0 saturated heterocycles. The predicted octanol–water partition coefficient (Wildman–Crippen LogP) is 4.17. The molecule has 1 aromatic rings. The van der Waals surface area contributed by atoms with Gasteiger partial charge in [0.1, 0.15) is 0 Å². The van der Waals surface area contributed by atoms with Crippen LogP contribution in [0.2, 0.25) is 10.0 Å². The number of carbonyl (C=O) groups is 1. The van der Waals surface area contributed by atoms with Gasteiger partial charge in [0.25, 0.3) is 0 Å². The molecule has 0 aromatic heterocycles. The maximum atomic E-state index is 11.8. The van der Waals surface area contributed by atoms with E-state index in [2.05, 4.69) is 10.6 Å². The summed E-state index contributed by atoms with van der Waals surface area (Å²) in [6.45, 7) is 0.569. The van der Waals surface area contributed by atoms with Gasteiger partial charge in [-0.15, -0.1) is 0 Å². The molecule has 0 aliphatic heterocycles. The van der Waals surface area contributed by atoms with E-state index < -0.39 is 0 Å². The van der Waals surface area contributed by atoms with E-state index in [1.54, 1.807) is 6.07 Å². The third-order valence-corrected chi connectivity index (χ3v) is 4.22. The number of rotatable bonds is 4. The third kappa shape index (κ3) is 4.88. The van der Waals surface area contributed by atoms with Crippen LogP contribution in [0.3, 0.4) is 0 Å². The Bertz CT molecular complexity index is 459. The van der Waals surface area contributed by atoms with Crippen molar-refractivity contribution in [1.82, 2.24) is 10.6 Å². The number of benzene rings is 1. The molecule has 3 nitrogen and oxygen atoms in total. The van der Waals surface area contributed by atoms with Crippen molar-refractivity contribution < 1.29 is 4.79 Å². The fourth-order valence-corrected chi connectivity index (χ4v) is 3.02. The molecule has 1 aliphatic carbocycles. The monoisotopic (exact) mass is 314 g/mol. The highest BCUT2D eigenvalue weighted by molar-refractivity contribution is 6.35. The van der Waals surface area contributed by atoms with Crippen LogP contribution in [-0.4, -0.2) is 18.6 Å². The van der Waals surface area contributed by atoms with Crippen LogP contribution >= 0.6 is 23.2 Å². The van der Waals surface area contributed by atoms with Gasteiger partial charge in [-0.05, 0) is 37.0 Å². The SMILES string of the molecule is O=C(NCCc1ccc(Cl)cc1Cl)NC1CCCCC1. The smallest absolute Gasteiger partial charge is 0.315 e. The van der Waals surface area contributed by atoms with E-state index in [1.807, 2.05) is 12.1 Å². The second-order valence-electron chi connectivity index (χ2n) is 5.22. The van der Waals surface area contributed by atoms with Crippen molar-refractivity contribution in [2.24, 2.45) is 0 Å². The molecule has 1 aliphatic rings. The summed E-state index contributed by atoms with van der Waals surface area (Å²) in [6.07, 6.45) is 6.60. The lowest BCUT2D eigenvalue weighted by Gasteiger charge is -2.22. The summed E-state index contributed by atoms with van der Waals surface area (Å²) in [7, 11) is 0. The summed E-state index contributed by atoms with van der Waals surface area (Å²) in [5.74, 6) is 0. The van der Waals surface area contributed by atoms with Gasteiger partial charge in [-0.2, -0.15) is 0 Å². The van der Waals surface area contributed by atoms with Crippen molar-refractivity contribution in [3.05, 3.63) is 33.8 Å². The highest BCUT2D eigenvalue weighted by atomic mass is 35.5. The highest BCUT2D eigenvalue weighted by Crippen LogP contribution is 2.21. The van der Waals surface area contributed by atoms with Crippen molar-refractivity contribution in [3.8, 4) is 0 Å². The first-order valence-electron chi connectivity index (χ1n) is 7.13. The van der Waals surface area contributed by atoms with Crippen molar-refractivity contribution in [2.45, 2.75) is 44.6 Å². The average Bonchev–Trinajstić information content (AvgIpc) is 2.42. The largest absolute Gasteiger partial charge is 0.338 e. The lowest BCUT2D eigenvalue weighted by Crippen LogP contribution is -2.43. The highest BCUT2D eigenvalue weighted by Gasteiger charge is 2.15. The standard InChI is InChI=1S/C15H20Cl2N2O/c16-12-7-6-11(14(17)10-12)8-9-18-15(20)19-13-4-2-1-3-5-13/h6-7,10,13H,1-5,8-9H2,(H2,18,19,20). The van der Waals surface area contributed by atoms with Crippen LogP contribution in [0.1, 0.15) is 37.7 Å². The Kier molecular flexibility index (Phi) is 5.99. The van der Waals surface area contributed by atoms with Crippen LogP contribution in [0.15, 0.2) is 18.2 Å². The molecule has 0 radical (unpaired) electrons. The minimum Gasteiger partial charge on any atom is -0.338 e. The maximum Gasteiger partial charge on any atom is 0.315 e. The number of halogens is 2. The van der Waals surface area contributed by atoms with E-state index in [0.29, 0.717) is 29.1 Å². The second kappa shape index (κ2) is 7.75. The molecule has 110 valence electrons. The third-order valence-electron chi connectivity index (χ3n) is 3.64. The van der Waals surface area contributed by atoms with Crippen molar-refractivity contribution >= 4 is 29.2 Å². The van der Waals surface area contributed by atoms with Gasteiger partial charge in [-0.1, -0.05) is 48.5 Å². The van der Waals surface area contributed by atoms with Gasteiger partial charge in [-0.3, -0.25) is 0 Å². The van der Waals surface area contributed by atoms with Gasteiger partial charge >= 0.3 is 6.03 Å². The Morgan fingerprint density at radius 1 is 1.20 bits per heavy atom. The first kappa shape index (κ1) is 15.5. The minimum atomic E-state index is -0.0815. The molecule has 0 bridgehead atoms. The molecule has 2 rings (SSSR count). The summed E-state index contributed by atoms with van der Waals surface area (Å²) < 4.78 is 0. The molecule has 0 heterocycles. The zero-order chi connectivity index (χ0) is 14.4. The zero-order valence-electron chi connectivity index (χ0n) is 11.4. The molecular weight excluding hydrogens is 295 g/mol. The van der Waals surface area contributed by atoms with E-state index in [0.717, 1.165) is 18.4 Å². The summed E-state index contributed by atoms with van der Waals surface area (Å²) in [4.78, 5) is 11.8. The maximum absolute atomic E-state index is 11.8. The molecule has 2 amide bonds. The van der Waals surface area contributed by atoms with E-state index in [4.69, 9.17) is 23.2 Å². The van der Waals surface area contributed by atoms with Gasteiger partial charge in [-0.25, -0.2) is 4.79 Å². The Labute approximate surface area is 130 Å². The minimum absolute atomic E-state index is 0.0815. The predicted molar refractivity (Wildman–Crippen MR) is 83.6 cm³/mol. The van der Waals surface area contributed by atoms with Gasteiger partial charge in [0.15, 0.2) is 0 Å². The first-order chi connectivity index (χ1) is 9.65. The van der Waals surface area contributed by atoms with Crippen LogP contribution in [0.4, 0.5) is 4.79 Å². The lowest BCUT2D eigenvalue weighted by atomic mass is 9.96. The Hall–Kier alpha value is -0.930. The second-order valence-corrected chi connectivity index (χ2v) is 6.06. The fraction of sp³-hybridized carbons (Fsp3) is 0.533. The Balaban J connectivity index is 1.70. The molecule has 20 heavy (non-hydrogen) atoms. The van der Waals surface area contributed by atoms with E-state index in [9.17, 15) is 4.79 Å². The van der Waals surface area contributed by atoms with Crippen LogP contribution in [0.5, 0.6) is 0 Å². The Morgan fingerprint density at radius 3 is 2.65 bits per heavy atom. The van der Waals surface area contributed by atoms with Crippen LogP contribution in [-0.2, 0) is 6.42 Å². The molecular formula is C15H20Cl2N2O. The molecule has 1 aromatic carbocycles. The fourth-order valence-electron chi connectivity index (χ4n) is 2.52. The number of hydrogen-bond donors (Lipinski definition) is 2. The number of carbonyl (C=O) groups excluding carboxylic acids is 1. The number of nitrogens with one attached hydrogen (secondary N) is 2. The summed E-state index contributed by atoms with van der Waals surface area (Å²) in [5.41, 5.74) is 0.994. The molecule has 0 atom stereocenters. The molecule has 0 unspecified atom stereocenters. The van der Waals surface area contributed by atoms with Gasteiger partial charge in [0, 0.05) is 22.6 Å². The number of amides is 2. The number of urea groups is 1. The normalized spacial score (nSPS) is 15.9. The van der Waals surface area contributed by atoms with E-state index in [-0.39, 0.29) is 6.03 Å². The van der Waals surface area contributed by atoms with Crippen molar-refractivity contribution in [2.75, 3.05) is 6.54 Å². The summed E-state index contributed by atoms with van der Waals surface area (Å²) >= 11 is 11.9. The molecule has 0 spiro atoms. The summed E-state index contributed by atoms with van der Waals surface area (Å²) in [6, 6.07) is 5.68. The molecule has 5 heteroatoms. The zero-order valence-corrected chi connectivity index (χ0v) is 12.9. The topological polar surface area (TPSA) is 41.1 Å². The first-order valence-corrected chi connectivity index (χ1v) is 7.89. The van der Waals surface area contributed by atoms with Crippen LogP contribution in [0, 0.1) is 0 Å². The quantitative estimate of drug-likeness (QED) is 0.860. The lowest BCUT2D eigenvalue weighted by molar-refractivity contribution is 0.233. The van der Waals surface area contributed by atoms with Gasteiger partial charge < -0.3 is 10.6 Å². The van der Waals surface area contributed by atoms with Crippen molar-refractivity contribution in [3.63, 3.8) is 0 Å². The van der Waals surface area contributed by atoms with E-state index >= 15 is 0 Å². The average molecular weight is 315 g/mol. The number of hydrogen-bond acceptors (Lipinski definition) is 1. The molecule has 1 saturated carbocycles. The van der Waals surface area contributed by atoms with Crippen molar-refractivity contribution in [1.29, 1.82) is 0 Å². The van der Waals surface area contributed by atoms with Crippen LogP contribution < -0.4 is 10.6 Å². The molecule has 1 fully saturated rings. The van der Waals surface area contributed by atoms with Gasteiger partial charge in [0.2, 0.25) is 0 Å². The van der Waals surface area contributed by atoms with E-state index in [1.165, 1.54) is 19.3 Å². The molecule has 2 N–H and O–H groups in total.